The standard InChI is InChI=1S/C9H10N2O3S/c1-9(2)7-5-3-4-6-8(7)15(13,14)11(9)10-12/h3-6H,1-2H3/i10+0. The summed E-state index contributed by atoms with van der Waals surface area (Å²) in [5.41, 5.74) is -0.304. The zero-order valence-electron chi connectivity index (χ0n) is 8.34. The maximum absolute atomic E-state index is 11.9. The van der Waals surface area contributed by atoms with Crippen molar-refractivity contribution in [2.24, 2.45) is 5.29 Å². The second-order valence-corrected chi connectivity index (χ2v) is 5.62. The minimum absolute atomic E-state index is 0.162. The molecule has 0 fully saturated rings. The third kappa shape index (κ3) is 1.11. The maximum Gasteiger partial charge on any atom is 0.282 e. The van der Waals surface area contributed by atoms with Gasteiger partial charge in [-0.05, 0) is 19.9 Å². The van der Waals surface area contributed by atoms with Gasteiger partial charge in [-0.15, -0.1) is 9.32 Å². The fourth-order valence-corrected chi connectivity index (χ4v) is 3.66. The lowest BCUT2D eigenvalue weighted by Gasteiger charge is -2.24. The lowest BCUT2D eigenvalue weighted by Crippen LogP contribution is -2.34. The van der Waals surface area contributed by atoms with E-state index in [4.69, 9.17) is 0 Å². The van der Waals surface area contributed by atoms with Crippen LogP contribution in [0.5, 0.6) is 0 Å². The molecule has 1 aliphatic rings. The van der Waals surface area contributed by atoms with E-state index in [0.29, 0.717) is 9.98 Å². The molecule has 2 rings (SSSR count). The number of fused-ring (bicyclic) bond motifs is 1. The van der Waals surface area contributed by atoms with E-state index in [1.165, 1.54) is 6.07 Å². The highest BCUT2D eigenvalue weighted by Gasteiger charge is 2.48. The van der Waals surface area contributed by atoms with Crippen LogP contribution in [-0.4, -0.2) is 12.8 Å². The molecule has 0 unspecified atom stereocenters. The van der Waals surface area contributed by atoms with Gasteiger partial charge in [0.05, 0.1) is 15.7 Å². The first kappa shape index (κ1) is 10.1. The summed E-state index contributed by atoms with van der Waals surface area (Å²) in [5, 5.41) is 2.60. The summed E-state index contributed by atoms with van der Waals surface area (Å²) in [5.74, 6) is 0. The van der Waals surface area contributed by atoms with Gasteiger partial charge in [0.2, 0.25) is 0 Å². The van der Waals surface area contributed by atoms with Crippen molar-refractivity contribution in [3.8, 4) is 0 Å². The van der Waals surface area contributed by atoms with Gasteiger partial charge in [-0.3, -0.25) is 0 Å². The Bertz CT molecular complexity index is 522. The Kier molecular flexibility index (Phi) is 1.88. The van der Waals surface area contributed by atoms with Crippen LogP contribution in [-0.2, 0) is 15.6 Å². The highest BCUT2D eigenvalue weighted by atomic mass is 32.2. The van der Waals surface area contributed by atoms with E-state index in [1.54, 1.807) is 32.0 Å². The lowest BCUT2D eigenvalue weighted by molar-refractivity contribution is 0.251. The van der Waals surface area contributed by atoms with Crippen molar-refractivity contribution in [3.63, 3.8) is 0 Å². The molecule has 80 valence electrons. The first-order valence-corrected chi connectivity index (χ1v) is 5.84. The summed E-state index contributed by atoms with van der Waals surface area (Å²) in [6, 6.07) is 6.54. The Labute approximate surface area is 87.7 Å². The van der Waals surface area contributed by atoms with E-state index in [0.717, 1.165) is 0 Å². The van der Waals surface area contributed by atoms with Crippen LogP contribution in [0.1, 0.15) is 19.4 Å². The van der Waals surface area contributed by atoms with E-state index in [-0.39, 0.29) is 4.90 Å². The van der Waals surface area contributed by atoms with Gasteiger partial charge in [0.1, 0.15) is 0 Å². The van der Waals surface area contributed by atoms with Crippen LogP contribution < -0.4 is 0 Å². The number of benzene rings is 1. The van der Waals surface area contributed by atoms with Crippen LogP contribution in [0.4, 0.5) is 0 Å². The van der Waals surface area contributed by atoms with Crippen molar-refractivity contribution >= 4 is 10.0 Å². The summed E-state index contributed by atoms with van der Waals surface area (Å²) in [6.07, 6.45) is 0. The zero-order valence-corrected chi connectivity index (χ0v) is 9.15. The Morgan fingerprint density at radius 3 is 2.40 bits per heavy atom. The molecule has 6 heteroatoms. The summed E-state index contributed by atoms with van der Waals surface area (Å²) in [4.78, 5) is 10.8. The van der Waals surface area contributed by atoms with Crippen LogP contribution in [0.25, 0.3) is 0 Å². The molecule has 0 saturated carbocycles. The highest BCUT2D eigenvalue weighted by Crippen LogP contribution is 2.43. The molecule has 0 spiro atoms. The fraction of sp³-hybridized carbons (Fsp3) is 0.333. The molecule has 5 nitrogen and oxygen atoms in total. The van der Waals surface area contributed by atoms with Gasteiger partial charge in [-0.1, -0.05) is 18.2 Å². The lowest BCUT2D eigenvalue weighted by atomic mass is 9.95. The van der Waals surface area contributed by atoms with Crippen LogP contribution in [0.2, 0.25) is 0 Å². The van der Waals surface area contributed by atoms with Gasteiger partial charge in [0.15, 0.2) is 0 Å². The Balaban J connectivity index is 2.83. The maximum atomic E-state index is 11.9. The van der Waals surface area contributed by atoms with Crippen molar-refractivity contribution in [2.45, 2.75) is 24.3 Å². The van der Waals surface area contributed by atoms with Crippen molar-refractivity contribution < 1.29 is 8.42 Å². The number of rotatable bonds is 1. The summed E-state index contributed by atoms with van der Waals surface area (Å²) in [6.45, 7) is 3.30. The topological polar surface area (TPSA) is 66.8 Å². The third-order valence-corrected chi connectivity index (χ3v) is 4.49. The van der Waals surface area contributed by atoms with Crippen molar-refractivity contribution in [1.82, 2.24) is 4.41 Å². The molecule has 0 aliphatic carbocycles. The molecular weight excluding hydrogens is 216 g/mol. The number of nitroso groups, excluding NO2 is 1. The molecule has 0 aromatic heterocycles. The number of nitrogens with zero attached hydrogens (tertiary/aromatic N) is 2. The first-order chi connectivity index (χ1) is 6.92. The van der Waals surface area contributed by atoms with Crippen LogP contribution in [0.15, 0.2) is 34.4 Å². The average molecular weight is 226 g/mol. The fourth-order valence-electron chi connectivity index (χ4n) is 1.84. The SMILES string of the molecule is CC1(C)c2ccccc2S(=O)(=O)N1[14N]=O. The molecule has 1 aromatic rings. The summed E-state index contributed by atoms with van der Waals surface area (Å²) >= 11 is 0. The average Bonchev–Trinajstić information content (AvgIpc) is 2.32. The Hall–Kier alpha value is -1.43. The van der Waals surface area contributed by atoms with Crippen LogP contribution >= 0.6 is 0 Å². The largest absolute Gasteiger partial charge is 0.282 e. The van der Waals surface area contributed by atoms with Crippen LogP contribution in [0.3, 0.4) is 0 Å². The Morgan fingerprint density at radius 1 is 1.27 bits per heavy atom. The predicted molar refractivity (Wildman–Crippen MR) is 54.3 cm³/mol. The zero-order chi connectivity index (χ0) is 11.3. The molecule has 0 radical (unpaired) electrons. The second-order valence-electron chi connectivity index (χ2n) is 3.88. The monoisotopic (exact) mass is 226 g/mol. The van der Waals surface area contributed by atoms with E-state index in [9.17, 15) is 13.3 Å². The molecule has 1 aromatic carbocycles. The minimum atomic E-state index is -3.75. The molecule has 0 N–H and O–H groups in total. The van der Waals surface area contributed by atoms with Gasteiger partial charge in [-0.25, -0.2) is 0 Å². The molecule has 15 heavy (non-hydrogen) atoms. The first-order valence-electron chi connectivity index (χ1n) is 4.40. The quantitative estimate of drug-likeness (QED) is 0.683. The molecular formula is C9H10N2O3S. The number of hydrogen-bond acceptors (Lipinski definition) is 4. The van der Waals surface area contributed by atoms with Crippen LogP contribution in [0, 0.1) is 4.91 Å². The van der Waals surface area contributed by atoms with Gasteiger partial charge in [0.25, 0.3) is 10.0 Å². The predicted octanol–water partition coefficient (Wildman–Crippen LogP) is 1.61. The summed E-state index contributed by atoms with van der Waals surface area (Å²) in [7, 11) is -3.75. The van der Waals surface area contributed by atoms with Crippen molar-refractivity contribution in [2.75, 3.05) is 0 Å². The smallest absolute Gasteiger partial charge is 0.199 e. The van der Waals surface area contributed by atoms with Gasteiger partial charge in [0, 0.05) is 5.56 Å². The van der Waals surface area contributed by atoms with E-state index < -0.39 is 15.6 Å². The molecule has 1 aliphatic heterocycles. The molecule has 0 amide bonds. The minimum Gasteiger partial charge on any atom is -0.199 e. The van der Waals surface area contributed by atoms with Crippen molar-refractivity contribution in [1.29, 1.82) is 0 Å². The second kappa shape index (κ2) is 2.79. The molecule has 0 saturated heterocycles. The number of sulfonamides is 1. The van der Waals surface area contributed by atoms with Gasteiger partial charge < -0.3 is 0 Å². The number of hydrogen-bond donors (Lipinski definition) is 0. The van der Waals surface area contributed by atoms with Gasteiger partial charge in [-0.2, -0.15) is 8.42 Å². The highest BCUT2D eigenvalue weighted by molar-refractivity contribution is 7.89. The normalized spacial score (nSPS) is 21.1. The van der Waals surface area contributed by atoms with Crippen molar-refractivity contribution in [3.05, 3.63) is 34.7 Å². The Morgan fingerprint density at radius 2 is 1.87 bits per heavy atom. The van der Waals surface area contributed by atoms with E-state index >= 15 is 0 Å². The van der Waals surface area contributed by atoms with E-state index in [2.05, 4.69) is 5.29 Å². The summed E-state index contributed by atoms with van der Waals surface area (Å²) < 4.78 is 24.3. The molecule has 0 bridgehead atoms. The van der Waals surface area contributed by atoms with E-state index in [1.807, 2.05) is 0 Å². The molecule has 1 heterocycles. The molecule has 0 atom stereocenters. The van der Waals surface area contributed by atoms with Gasteiger partial charge >= 0.3 is 0 Å². The third-order valence-electron chi connectivity index (χ3n) is 2.60.